The van der Waals surface area contributed by atoms with Crippen LogP contribution in [0.3, 0.4) is 0 Å². The van der Waals surface area contributed by atoms with Gasteiger partial charge in [-0.15, -0.1) is 11.3 Å². The summed E-state index contributed by atoms with van der Waals surface area (Å²) in [6, 6.07) is 18.7. The number of nitrogens with zero attached hydrogens (tertiary/aromatic N) is 2. The lowest BCUT2D eigenvalue weighted by atomic mass is 10.2. The van der Waals surface area contributed by atoms with Crippen LogP contribution in [0.4, 0.5) is 10.5 Å². The summed E-state index contributed by atoms with van der Waals surface area (Å²) in [5.74, 6) is 0.956. The highest BCUT2D eigenvalue weighted by molar-refractivity contribution is 7.09. The molecule has 1 saturated heterocycles. The van der Waals surface area contributed by atoms with Gasteiger partial charge < -0.3 is 29.3 Å². The summed E-state index contributed by atoms with van der Waals surface area (Å²) in [7, 11) is 3.10. The van der Waals surface area contributed by atoms with Crippen molar-refractivity contribution >= 4 is 29.0 Å². The number of nitrogens with one attached hydrogen (secondary N) is 1. The Kier molecular flexibility index (Phi) is 9.40. The van der Waals surface area contributed by atoms with Gasteiger partial charge in [-0.25, -0.2) is 4.79 Å². The lowest BCUT2D eigenvalue weighted by molar-refractivity contribution is -0.133. The molecule has 4 rings (SSSR count). The largest absolute Gasteiger partial charge is 0.497 e. The van der Waals surface area contributed by atoms with Gasteiger partial charge in [0.15, 0.2) is 0 Å². The predicted molar refractivity (Wildman–Crippen MR) is 144 cm³/mol. The normalized spacial score (nSPS) is 14.7. The average molecular weight is 524 g/mol. The van der Waals surface area contributed by atoms with Crippen LogP contribution >= 0.6 is 11.3 Å². The van der Waals surface area contributed by atoms with E-state index in [9.17, 15) is 9.59 Å². The Labute approximate surface area is 221 Å². The fourth-order valence-corrected chi connectivity index (χ4v) is 4.96. The Morgan fingerprint density at radius 1 is 1.03 bits per heavy atom. The quantitative estimate of drug-likeness (QED) is 0.382. The third-order valence-electron chi connectivity index (χ3n) is 6.21. The number of hydrogen-bond donors (Lipinski definition) is 1. The molecule has 3 aromatic rings. The lowest BCUT2D eigenvalue weighted by Gasteiger charge is -2.29. The van der Waals surface area contributed by atoms with Crippen LogP contribution in [0.2, 0.25) is 0 Å². The molecule has 0 spiro atoms. The first-order chi connectivity index (χ1) is 18.1. The van der Waals surface area contributed by atoms with E-state index >= 15 is 0 Å². The smallest absolute Gasteiger partial charge is 0.322 e. The lowest BCUT2D eigenvalue weighted by Crippen LogP contribution is -2.46. The minimum atomic E-state index is -0.386. The van der Waals surface area contributed by atoms with Crippen LogP contribution < -0.4 is 14.8 Å². The highest BCUT2D eigenvalue weighted by Crippen LogP contribution is 2.29. The summed E-state index contributed by atoms with van der Waals surface area (Å²) in [6.07, 6.45) is 1.70. The number of ether oxygens (including phenoxy) is 3. The number of anilines is 1. The van der Waals surface area contributed by atoms with E-state index in [4.69, 9.17) is 14.2 Å². The summed E-state index contributed by atoms with van der Waals surface area (Å²) in [5.41, 5.74) is 1.53. The van der Waals surface area contributed by atoms with Crippen molar-refractivity contribution < 1.29 is 23.8 Å². The van der Waals surface area contributed by atoms with Gasteiger partial charge in [0.1, 0.15) is 18.0 Å². The topological polar surface area (TPSA) is 80.3 Å². The Hall–Kier alpha value is -3.56. The maximum absolute atomic E-state index is 13.6. The third-order valence-corrected chi connectivity index (χ3v) is 7.07. The molecule has 0 radical (unpaired) electrons. The molecule has 2 aromatic carbocycles. The molecule has 196 valence electrons. The number of thiophene rings is 1. The van der Waals surface area contributed by atoms with Gasteiger partial charge in [-0.1, -0.05) is 36.4 Å². The molecule has 37 heavy (non-hydrogen) atoms. The molecule has 1 aliphatic heterocycles. The van der Waals surface area contributed by atoms with Crippen LogP contribution in [-0.4, -0.2) is 61.8 Å². The molecular formula is C28H33N3O5S. The minimum Gasteiger partial charge on any atom is -0.497 e. The Bertz CT molecular complexity index is 1150. The first kappa shape index (κ1) is 26.5. The SMILES string of the molecule is COc1ccc(NC(=O)N(CC(=O)N(Cc2ccccc2)Cc2cccs2)CC2CCCO2)c(OC)c1. The monoisotopic (exact) mass is 523 g/mol. The van der Waals surface area contributed by atoms with Gasteiger partial charge in [-0.05, 0) is 42.0 Å². The molecule has 9 heteroatoms. The fraction of sp³-hybridized carbons (Fsp3) is 0.357. The number of carbonyl (C=O) groups is 2. The van der Waals surface area contributed by atoms with Crippen molar-refractivity contribution in [2.45, 2.75) is 32.0 Å². The molecule has 1 aromatic heterocycles. The Balaban J connectivity index is 1.52. The summed E-state index contributed by atoms with van der Waals surface area (Å²) < 4.78 is 16.5. The van der Waals surface area contributed by atoms with E-state index in [1.165, 1.54) is 12.0 Å². The molecule has 3 amide bonds. The molecular weight excluding hydrogens is 490 g/mol. The highest BCUT2D eigenvalue weighted by Gasteiger charge is 2.27. The first-order valence-electron chi connectivity index (χ1n) is 12.3. The van der Waals surface area contributed by atoms with E-state index in [1.54, 1.807) is 41.5 Å². The van der Waals surface area contributed by atoms with E-state index in [2.05, 4.69) is 5.32 Å². The van der Waals surface area contributed by atoms with Crippen LogP contribution in [0, 0.1) is 0 Å². The average Bonchev–Trinajstić information content (AvgIpc) is 3.63. The van der Waals surface area contributed by atoms with Gasteiger partial charge in [0.05, 0.1) is 32.6 Å². The molecule has 2 heterocycles. The molecule has 1 aliphatic rings. The number of amides is 3. The summed E-state index contributed by atoms with van der Waals surface area (Å²) in [4.78, 5) is 31.5. The highest BCUT2D eigenvalue weighted by atomic mass is 32.1. The Morgan fingerprint density at radius 3 is 2.54 bits per heavy atom. The summed E-state index contributed by atoms with van der Waals surface area (Å²) >= 11 is 1.61. The zero-order valence-electron chi connectivity index (χ0n) is 21.2. The summed E-state index contributed by atoms with van der Waals surface area (Å²) in [6.45, 7) is 1.86. The zero-order valence-corrected chi connectivity index (χ0v) is 22.0. The van der Waals surface area contributed by atoms with Gasteiger partial charge in [0, 0.05) is 30.6 Å². The molecule has 1 atom stereocenters. The van der Waals surface area contributed by atoms with E-state index in [1.807, 2.05) is 47.8 Å². The van der Waals surface area contributed by atoms with Crippen LogP contribution in [0.25, 0.3) is 0 Å². The number of methoxy groups -OCH3 is 2. The van der Waals surface area contributed by atoms with E-state index in [-0.39, 0.29) is 24.6 Å². The second-order valence-electron chi connectivity index (χ2n) is 8.83. The van der Waals surface area contributed by atoms with Crippen LogP contribution in [0.5, 0.6) is 11.5 Å². The van der Waals surface area contributed by atoms with Crippen molar-refractivity contribution in [3.63, 3.8) is 0 Å². The minimum absolute atomic E-state index is 0.0671. The number of carbonyl (C=O) groups excluding carboxylic acids is 2. The Morgan fingerprint density at radius 2 is 1.86 bits per heavy atom. The molecule has 1 unspecified atom stereocenters. The molecule has 0 saturated carbocycles. The van der Waals surface area contributed by atoms with Gasteiger partial charge in [0.2, 0.25) is 5.91 Å². The van der Waals surface area contributed by atoms with Gasteiger partial charge in [-0.2, -0.15) is 0 Å². The summed E-state index contributed by atoms with van der Waals surface area (Å²) in [5, 5.41) is 4.91. The van der Waals surface area contributed by atoms with Crippen molar-refractivity contribution in [1.29, 1.82) is 0 Å². The maximum atomic E-state index is 13.6. The molecule has 1 N–H and O–H groups in total. The van der Waals surface area contributed by atoms with Gasteiger partial charge >= 0.3 is 6.03 Å². The van der Waals surface area contributed by atoms with E-state index in [0.717, 1.165) is 23.3 Å². The van der Waals surface area contributed by atoms with Crippen LogP contribution in [0.1, 0.15) is 23.3 Å². The standard InChI is InChI=1S/C28H33N3O5S/c1-34-22-12-13-25(26(16-22)35-2)29-28(33)31(18-23-10-6-14-36-23)20-27(32)30(19-24-11-7-15-37-24)17-21-8-4-3-5-9-21/h3-5,7-9,11-13,15-16,23H,6,10,14,17-20H2,1-2H3,(H,29,33). The number of urea groups is 1. The van der Waals surface area contributed by atoms with Crippen molar-refractivity contribution in [3.8, 4) is 11.5 Å². The van der Waals surface area contributed by atoms with E-state index < -0.39 is 0 Å². The predicted octanol–water partition coefficient (Wildman–Crippen LogP) is 5.01. The van der Waals surface area contributed by atoms with Crippen molar-refractivity contribution in [2.75, 3.05) is 39.2 Å². The van der Waals surface area contributed by atoms with Crippen molar-refractivity contribution in [2.24, 2.45) is 0 Å². The van der Waals surface area contributed by atoms with Gasteiger partial charge in [-0.3, -0.25) is 4.79 Å². The molecule has 0 bridgehead atoms. The van der Waals surface area contributed by atoms with Crippen LogP contribution in [-0.2, 0) is 22.6 Å². The molecule has 1 fully saturated rings. The third kappa shape index (κ3) is 7.47. The van der Waals surface area contributed by atoms with Crippen molar-refractivity contribution in [1.82, 2.24) is 9.80 Å². The number of rotatable bonds is 11. The second kappa shape index (κ2) is 13.1. The first-order valence-corrected chi connectivity index (χ1v) is 13.2. The number of benzene rings is 2. The number of hydrogen-bond acceptors (Lipinski definition) is 6. The van der Waals surface area contributed by atoms with Crippen molar-refractivity contribution in [3.05, 3.63) is 76.5 Å². The van der Waals surface area contributed by atoms with E-state index in [0.29, 0.717) is 43.4 Å². The van der Waals surface area contributed by atoms with Gasteiger partial charge in [0.25, 0.3) is 0 Å². The van der Waals surface area contributed by atoms with Crippen LogP contribution in [0.15, 0.2) is 66.0 Å². The molecule has 0 aliphatic carbocycles. The fourth-order valence-electron chi connectivity index (χ4n) is 4.24. The molecule has 8 nitrogen and oxygen atoms in total. The second-order valence-corrected chi connectivity index (χ2v) is 9.86. The zero-order chi connectivity index (χ0) is 26.0. The maximum Gasteiger partial charge on any atom is 0.322 e.